The molecule has 2 atom stereocenters. The minimum Gasteiger partial charge on any atom is -0.274 e. The lowest BCUT2D eigenvalue weighted by molar-refractivity contribution is -0.137. The minimum atomic E-state index is -4.64. The van der Waals surface area contributed by atoms with Crippen LogP contribution in [0.5, 0.6) is 0 Å². The molecule has 3 aromatic rings. The Labute approximate surface area is 199 Å². The Balaban J connectivity index is 1.62. The van der Waals surface area contributed by atoms with Gasteiger partial charge in [-0.25, -0.2) is 4.90 Å². The zero-order valence-corrected chi connectivity index (χ0v) is 19.0. The van der Waals surface area contributed by atoms with E-state index in [0.29, 0.717) is 0 Å². The molecule has 4 aliphatic rings. The second kappa shape index (κ2) is 6.51. The molecular formula is C27H19ClF3NO2. The molecule has 7 rings (SSSR count). The molecule has 172 valence electrons. The molecule has 0 saturated carbocycles. The van der Waals surface area contributed by atoms with Crippen LogP contribution >= 0.6 is 11.6 Å². The number of alkyl halides is 3. The third-order valence-corrected chi connectivity index (χ3v) is 8.48. The first-order chi connectivity index (χ1) is 16.0. The molecule has 0 N–H and O–H groups in total. The van der Waals surface area contributed by atoms with E-state index in [0.717, 1.165) is 45.4 Å². The lowest BCUT2D eigenvalue weighted by atomic mass is 9.42. The summed E-state index contributed by atoms with van der Waals surface area (Å²) in [6.45, 7) is 3.92. The molecule has 1 saturated heterocycles. The van der Waals surface area contributed by atoms with Crippen molar-refractivity contribution in [2.24, 2.45) is 11.8 Å². The summed E-state index contributed by atoms with van der Waals surface area (Å²) in [5, 5.41) is -0.0778. The van der Waals surface area contributed by atoms with Crippen molar-refractivity contribution in [2.75, 3.05) is 4.90 Å². The van der Waals surface area contributed by atoms with Crippen molar-refractivity contribution in [2.45, 2.75) is 30.9 Å². The fraction of sp³-hybridized carbons (Fsp3) is 0.259. The van der Waals surface area contributed by atoms with Gasteiger partial charge in [-0.1, -0.05) is 74.0 Å². The highest BCUT2D eigenvalue weighted by atomic mass is 35.5. The molecule has 1 fully saturated rings. The monoisotopic (exact) mass is 481 g/mol. The van der Waals surface area contributed by atoms with Crippen LogP contribution in [0.25, 0.3) is 0 Å². The average molecular weight is 482 g/mol. The van der Waals surface area contributed by atoms with E-state index in [1.54, 1.807) is 0 Å². The summed E-state index contributed by atoms with van der Waals surface area (Å²) in [5.74, 6) is -2.57. The molecule has 0 spiro atoms. The lowest BCUT2D eigenvalue weighted by Crippen LogP contribution is -2.59. The van der Waals surface area contributed by atoms with Gasteiger partial charge in [0.05, 0.1) is 28.1 Å². The van der Waals surface area contributed by atoms with Gasteiger partial charge in [0.1, 0.15) is 0 Å². The summed E-state index contributed by atoms with van der Waals surface area (Å²) >= 11 is 6.28. The highest BCUT2D eigenvalue weighted by Crippen LogP contribution is 2.66. The summed E-state index contributed by atoms with van der Waals surface area (Å²) in [6.07, 6.45) is -4.64. The Morgan fingerprint density at radius 3 is 1.56 bits per heavy atom. The van der Waals surface area contributed by atoms with Crippen molar-refractivity contribution in [1.82, 2.24) is 0 Å². The zero-order valence-electron chi connectivity index (χ0n) is 18.3. The predicted octanol–water partition coefficient (Wildman–Crippen LogP) is 6.10. The first kappa shape index (κ1) is 21.4. The van der Waals surface area contributed by atoms with Crippen molar-refractivity contribution in [3.8, 4) is 0 Å². The first-order valence-corrected chi connectivity index (χ1v) is 11.3. The van der Waals surface area contributed by atoms with Crippen LogP contribution in [-0.4, -0.2) is 11.8 Å². The molecule has 0 radical (unpaired) electrons. The average Bonchev–Trinajstić information content (AvgIpc) is 3.08. The molecule has 0 aromatic heterocycles. The molecule has 1 aliphatic heterocycles. The number of rotatable bonds is 1. The van der Waals surface area contributed by atoms with Crippen LogP contribution in [0.3, 0.4) is 0 Å². The maximum Gasteiger partial charge on any atom is 0.416 e. The number of halogens is 4. The SMILES string of the molecule is CC12c3ccccc3C(C)(c3ccccc31)[C@H]1C(=O)N(c3cc(C(F)(F)F)ccc3Cl)C(=O)[C@@H]12. The topological polar surface area (TPSA) is 37.4 Å². The van der Waals surface area contributed by atoms with E-state index in [1.165, 1.54) is 0 Å². The molecule has 0 unspecified atom stereocenters. The summed E-state index contributed by atoms with van der Waals surface area (Å²) in [5.41, 5.74) is 1.06. The normalized spacial score (nSPS) is 29.2. The fourth-order valence-corrected chi connectivity index (χ4v) is 6.87. The van der Waals surface area contributed by atoms with Crippen molar-refractivity contribution in [1.29, 1.82) is 0 Å². The molecule has 3 aliphatic carbocycles. The Morgan fingerprint density at radius 2 is 1.18 bits per heavy atom. The number of anilines is 1. The highest BCUT2D eigenvalue weighted by molar-refractivity contribution is 6.36. The quantitative estimate of drug-likeness (QED) is 0.394. The third-order valence-electron chi connectivity index (χ3n) is 8.16. The maximum atomic E-state index is 14.0. The standard InChI is InChI=1S/C27H19ClF3NO2/c1-25-15-7-3-5-9-17(15)26(2,18-10-6-4-8-16(18)25)22-21(25)23(33)32(24(22)34)20-13-14(27(29,30)31)11-12-19(20)28/h3-13,21-22H,1-2H3/t21-,22-,25?,26?/m1/s1. The van der Waals surface area contributed by atoms with E-state index in [-0.39, 0.29) is 10.7 Å². The Morgan fingerprint density at radius 1 is 0.765 bits per heavy atom. The van der Waals surface area contributed by atoms with E-state index in [1.807, 2.05) is 62.4 Å². The second-order valence-electron chi connectivity index (χ2n) is 9.63. The number of amides is 2. The fourth-order valence-electron chi connectivity index (χ4n) is 6.67. The highest BCUT2D eigenvalue weighted by Gasteiger charge is 2.70. The molecule has 7 heteroatoms. The van der Waals surface area contributed by atoms with Gasteiger partial charge in [-0.15, -0.1) is 0 Å². The van der Waals surface area contributed by atoms with Crippen LogP contribution in [0.1, 0.15) is 41.7 Å². The Bertz CT molecular complexity index is 1290. The molecular weight excluding hydrogens is 463 g/mol. The summed E-state index contributed by atoms with van der Waals surface area (Å²) in [6, 6.07) is 18.3. The van der Waals surface area contributed by atoms with E-state index >= 15 is 0 Å². The van der Waals surface area contributed by atoms with Crippen molar-refractivity contribution in [3.05, 3.63) is 99.6 Å². The van der Waals surface area contributed by atoms with Crippen LogP contribution < -0.4 is 4.90 Å². The van der Waals surface area contributed by atoms with Gasteiger partial charge in [0.2, 0.25) is 11.8 Å². The van der Waals surface area contributed by atoms with Gasteiger partial charge in [-0.2, -0.15) is 13.2 Å². The van der Waals surface area contributed by atoms with Crippen LogP contribution in [0.4, 0.5) is 18.9 Å². The summed E-state index contributed by atoms with van der Waals surface area (Å²) in [4.78, 5) is 28.9. The van der Waals surface area contributed by atoms with Crippen LogP contribution in [-0.2, 0) is 26.6 Å². The Hall–Kier alpha value is -3.12. The van der Waals surface area contributed by atoms with E-state index in [9.17, 15) is 22.8 Å². The van der Waals surface area contributed by atoms with Gasteiger partial charge in [0.15, 0.2) is 0 Å². The van der Waals surface area contributed by atoms with Crippen LogP contribution in [0, 0.1) is 11.8 Å². The number of carbonyl (C=O) groups is 2. The summed E-state index contributed by atoms with van der Waals surface area (Å²) < 4.78 is 40.4. The molecule has 34 heavy (non-hydrogen) atoms. The molecule has 3 aromatic carbocycles. The van der Waals surface area contributed by atoms with Crippen molar-refractivity contribution >= 4 is 29.1 Å². The molecule has 2 amide bonds. The van der Waals surface area contributed by atoms with Crippen molar-refractivity contribution < 1.29 is 22.8 Å². The third kappa shape index (κ3) is 2.34. The number of hydrogen-bond donors (Lipinski definition) is 0. The van der Waals surface area contributed by atoms with E-state index < -0.39 is 46.2 Å². The van der Waals surface area contributed by atoms with Crippen LogP contribution in [0.2, 0.25) is 5.02 Å². The number of hydrogen-bond acceptors (Lipinski definition) is 2. The van der Waals surface area contributed by atoms with E-state index in [4.69, 9.17) is 11.6 Å². The number of imide groups is 1. The van der Waals surface area contributed by atoms with Crippen molar-refractivity contribution in [3.63, 3.8) is 0 Å². The van der Waals surface area contributed by atoms with Gasteiger partial charge in [0, 0.05) is 10.8 Å². The first-order valence-electron chi connectivity index (χ1n) is 11.0. The minimum absolute atomic E-state index is 0.0778. The lowest BCUT2D eigenvalue weighted by Gasteiger charge is -2.57. The van der Waals surface area contributed by atoms with Gasteiger partial charge in [-0.05, 0) is 40.5 Å². The molecule has 2 bridgehead atoms. The van der Waals surface area contributed by atoms with Gasteiger partial charge < -0.3 is 0 Å². The predicted molar refractivity (Wildman–Crippen MR) is 122 cm³/mol. The van der Waals surface area contributed by atoms with Gasteiger partial charge in [0.25, 0.3) is 0 Å². The molecule has 1 heterocycles. The maximum absolute atomic E-state index is 14.0. The number of nitrogens with zero attached hydrogens (tertiary/aromatic N) is 1. The Kier molecular flexibility index (Phi) is 4.10. The van der Waals surface area contributed by atoms with E-state index in [2.05, 4.69) is 0 Å². The van der Waals surface area contributed by atoms with Crippen LogP contribution in [0.15, 0.2) is 66.7 Å². The smallest absolute Gasteiger partial charge is 0.274 e. The number of carbonyl (C=O) groups excluding carboxylic acids is 2. The van der Waals surface area contributed by atoms with Gasteiger partial charge >= 0.3 is 6.18 Å². The summed E-state index contributed by atoms with van der Waals surface area (Å²) in [7, 11) is 0. The second-order valence-corrected chi connectivity index (χ2v) is 10.0. The molecule has 3 nitrogen and oxygen atoms in total. The zero-order chi connectivity index (χ0) is 24.2. The largest absolute Gasteiger partial charge is 0.416 e. The van der Waals surface area contributed by atoms with Gasteiger partial charge in [-0.3, -0.25) is 9.59 Å². The number of benzene rings is 3.